The molecule has 2 aliphatic heterocycles. The highest BCUT2D eigenvalue weighted by atomic mass is 16.5. The Labute approximate surface area is 167 Å². The van der Waals surface area contributed by atoms with Crippen LogP contribution in [0.2, 0.25) is 0 Å². The number of hydrogen-bond donors (Lipinski definition) is 2. The van der Waals surface area contributed by atoms with Crippen LogP contribution in [-0.2, 0) is 20.7 Å². The second kappa shape index (κ2) is 10.4. The van der Waals surface area contributed by atoms with Crippen LogP contribution in [0, 0.1) is 11.8 Å². The van der Waals surface area contributed by atoms with Crippen molar-refractivity contribution in [2.75, 3.05) is 6.54 Å². The van der Waals surface area contributed by atoms with Gasteiger partial charge in [-0.3, -0.25) is 9.59 Å². The Hall–Kier alpha value is -2.14. The van der Waals surface area contributed by atoms with E-state index in [0.29, 0.717) is 37.3 Å². The van der Waals surface area contributed by atoms with Crippen LogP contribution in [0.5, 0.6) is 0 Å². The first-order valence-corrected chi connectivity index (χ1v) is 10.5. The second-order valence-corrected chi connectivity index (χ2v) is 7.90. The number of carbonyl (C=O) groups is 2. The lowest BCUT2D eigenvalue weighted by Crippen LogP contribution is -2.38. The number of amides is 1. The maximum atomic E-state index is 12.3. The Kier molecular flexibility index (Phi) is 7.66. The molecule has 28 heavy (non-hydrogen) atoms. The summed E-state index contributed by atoms with van der Waals surface area (Å²) in [5, 5.41) is 11.8. The first-order valence-electron chi connectivity index (χ1n) is 10.5. The molecule has 152 valence electrons. The summed E-state index contributed by atoms with van der Waals surface area (Å²) in [5.74, 6) is 0.194. The van der Waals surface area contributed by atoms with Crippen LogP contribution in [0.25, 0.3) is 0 Å². The number of allylic oxidation sites excluding steroid dienone is 2. The fraction of sp³-hybridized carbons (Fsp3) is 0.565. The van der Waals surface area contributed by atoms with Gasteiger partial charge in [0.2, 0.25) is 5.91 Å². The lowest BCUT2D eigenvalue weighted by atomic mass is 9.77. The van der Waals surface area contributed by atoms with Gasteiger partial charge >= 0.3 is 5.97 Å². The molecule has 1 aromatic rings. The Morgan fingerprint density at radius 2 is 1.82 bits per heavy atom. The van der Waals surface area contributed by atoms with E-state index < -0.39 is 5.97 Å². The molecule has 0 aliphatic carbocycles. The maximum Gasteiger partial charge on any atom is 0.303 e. The number of carboxylic acid groups (broad SMARTS) is 1. The van der Waals surface area contributed by atoms with E-state index in [-0.39, 0.29) is 18.4 Å². The summed E-state index contributed by atoms with van der Waals surface area (Å²) in [7, 11) is 0. The van der Waals surface area contributed by atoms with Gasteiger partial charge in [0.05, 0.1) is 12.2 Å². The molecule has 4 atom stereocenters. The molecule has 2 saturated heterocycles. The average molecular weight is 386 g/mol. The van der Waals surface area contributed by atoms with E-state index in [9.17, 15) is 9.59 Å². The molecule has 2 bridgehead atoms. The van der Waals surface area contributed by atoms with Crippen LogP contribution in [0.4, 0.5) is 0 Å². The van der Waals surface area contributed by atoms with Gasteiger partial charge in [0.15, 0.2) is 0 Å². The van der Waals surface area contributed by atoms with E-state index in [2.05, 4.69) is 29.6 Å². The van der Waals surface area contributed by atoms with Gasteiger partial charge in [-0.1, -0.05) is 42.5 Å². The van der Waals surface area contributed by atoms with Gasteiger partial charge in [0, 0.05) is 25.3 Å². The second-order valence-electron chi connectivity index (χ2n) is 7.90. The predicted molar refractivity (Wildman–Crippen MR) is 108 cm³/mol. The van der Waals surface area contributed by atoms with Gasteiger partial charge in [-0.05, 0) is 50.0 Å². The number of unbranched alkanes of at least 4 members (excludes halogenated alkanes) is 1. The van der Waals surface area contributed by atoms with Crippen molar-refractivity contribution in [3.63, 3.8) is 0 Å². The number of carbonyl (C=O) groups excluding carboxylic acids is 1. The molecule has 5 heteroatoms. The van der Waals surface area contributed by atoms with Crippen molar-refractivity contribution in [3.05, 3.63) is 48.0 Å². The quantitative estimate of drug-likeness (QED) is 0.450. The highest BCUT2D eigenvalue weighted by Gasteiger charge is 2.47. The number of aryl methyl sites for hydroxylation is 1. The van der Waals surface area contributed by atoms with Gasteiger partial charge in [-0.2, -0.15) is 0 Å². The molecule has 3 rings (SSSR count). The molecule has 2 aliphatic rings. The van der Waals surface area contributed by atoms with E-state index in [1.54, 1.807) is 0 Å². The number of carboxylic acids is 1. The van der Waals surface area contributed by atoms with Crippen molar-refractivity contribution >= 4 is 11.9 Å². The van der Waals surface area contributed by atoms with Crippen molar-refractivity contribution in [2.45, 2.75) is 63.6 Å². The number of ether oxygens (including phenoxy) is 1. The number of hydrogen-bond acceptors (Lipinski definition) is 3. The molecule has 0 radical (unpaired) electrons. The topological polar surface area (TPSA) is 75.6 Å². The normalized spacial score (nSPS) is 26.0. The summed E-state index contributed by atoms with van der Waals surface area (Å²) in [6.07, 6.45) is 11.0. The zero-order valence-electron chi connectivity index (χ0n) is 16.4. The number of nitrogens with one attached hydrogen (secondary N) is 1. The summed E-state index contributed by atoms with van der Waals surface area (Å²) >= 11 is 0. The van der Waals surface area contributed by atoms with Gasteiger partial charge in [-0.15, -0.1) is 0 Å². The lowest BCUT2D eigenvalue weighted by Gasteiger charge is -2.27. The third-order valence-electron chi connectivity index (χ3n) is 5.95. The monoisotopic (exact) mass is 385 g/mol. The zero-order chi connectivity index (χ0) is 19.8. The van der Waals surface area contributed by atoms with Crippen LogP contribution in [-0.4, -0.2) is 35.7 Å². The summed E-state index contributed by atoms with van der Waals surface area (Å²) < 4.78 is 6.11. The molecule has 1 aromatic carbocycles. The Balaban J connectivity index is 1.40. The summed E-state index contributed by atoms with van der Waals surface area (Å²) in [5.41, 5.74) is 1.19. The van der Waals surface area contributed by atoms with Crippen molar-refractivity contribution < 1.29 is 19.4 Å². The Morgan fingerprint density at radius 3 is 2.57 bits per heavy atom. The van der Waals surface area contributed by atoms with Crippen LogP contribution >= 0.6 is 0 Å². The van der Waals surface area contributed by atoms with E-state index in [4.69, 9.17) is 9.84 Å². The summed E-state index contributed by atoms with van der Waals surface area (Å²) in [6, 6.07) is 10.1. The van der Waals surface area contributed by atoms with Crippen molar-refractivity contribution in [1.29, 1.82) is 0 Å². The van der Waals surface area contributed by atoms with Crippen LogP contribution in [0.3, 0.4) is 0 Å². The van der Waals surface area contributed by atoms with E-state index >= 15 is 0 Å². The minimum atomic E-state index is -0.738. The fourth-order valence-corrected chi connectivity index (χ4v) is 4.44. The maximum absolute atomic E-state index is 12.3. The van der Waals surface area contributed by atoms with Gasteiger partial charge < -0.3 is 15.2 Å². The largest absolute Gasteiger partial charge is 0.481 e. The molecular formula is C23H31NO4. The average Bonchev–Trinajstić information content (AvgIpc) is 3.30. The van der Waals surface area contributed by atoms with E-state index in [0.717, 1.165) is 32.1 Å². The van der Waals surface area contributed by atoms with Crippen LogP contribution < -0.4 is 5.32 Å². The molecule has 0 aromatic heterocycles. The molecule has 2 N–H and O–H groups in total. The zero-order valence-corrected chi connectivity index (χ0v) is 16.4. The van der Waals surface area contributed by atoms with Gasteiger partial charge in [0.25, 0.3) is 0 Å². The molecule has 5 nitrogen and oxygen atoms in total. The molecule has 2 heterocycles. The third-order valence-corrected chi connectivity index (χ3v) is 5.95. The number of rotatable bonds is 11. The van der Waals surface area contributed by atoms with Gasteiger partial charge in [-0.25, -0.2) is 0 Å². The first-order chi connectivity index (χ1) is 13.6. The molecule has 4 unspecified atom stereocenters. The van der Waals surface area contributed by atoms with Crippen molar-refractivity contribution in [2.24, 2.45) is 11.8 Å². The summed E-state index contributed by atoms with van der Waals surface area (Å²) in [6.45, 7) is 0.687. The van der Waals surface area contributed by atoms with E-state index in [1.165, 1.54) is 5.56 Å². The first kappa shape index (κ1) is 20.6. The number of aliphatic carboxylic acids is 1. The highest BCUT2D eigenvalue weighted by molar-refractivity contribution is 5.76. The van der Waals surface area contributed by atoms with E-state index in [1.807, 2.05) is 18.2 Å². The predicted octanol–water partition coefficient (Wildman–Crippen LogP) is 3.73. The van der Waals surface area contributed by atoms with Crippen LogP contribution in [0.15, 0.2) is 42.5 Å². The minimum absolute atomic E-state index is 0.106. The molecule has 0 spiro atoms. The molecule has 1 amide bonds. The van der Waals surface area contributed by atoms with Crippen molar-refractivity contribution in [1.82, 2.24) is 5.32 Å². The number of benzene rings is 1. The Bertz CT molecular complexity index is 672. The van der Waals surface area contributed by atoms with Crippen molar-refractivity contribution in [3.8, 4) is 0 Å². The lowest BCUT2D eigenvalue weighted by molar-refractivity contribution is -0.137. The smallest absolute Gasteiger partial charge is 0.303 e. The number of fused-ring (bicyclic) bond motifs is 2. The molecular weight excluding hydrogens is 354 g/mol. The molecule has 0 saturated carbocycles. The minimum Gasteiger partial charge on any atom is -0.481 e. The Morgan fingerprint density at radius 1 is 1.07 bits per heavy atom. The van der Waals surface area contributed by atoms with Gasteiger partial charge in [0.1, 0.15) is 0 Å². The van der Waals surface area contributed by atoms with Crippen LogP contribution in [0.1, 0.15) is 50.5 Å². The fourth-order valence-electron chi connectivity index (χ4n) is 4.44. The molecule has 2 fully saturated rings. The SMILES string of the molecule is O=C(O)CCC/C=C/CC1C2CCC(O2)C1CNC(=O)CCc1ccccc1. The standard InChI is InChI=1S/C23H31NO4/c25-22(15-12-17-8-4-3-5-9-17)24-16-19-18(20-13-14-21(19)28-20)10-6-1-2-7-11-23(26)27/h1,3-6,8-9,18-21H,2,7,10-16H2,(H,24,25)(H,26,27)/b6-1+. The summed E-state index contributed by atoms with van der Waals surface area (Å²) in [4.78, 5) is 22.8. The highest BCUT2D eigenvalue weighted by Crippen LogP contribution is 2.44. The third kappa shape index (κ3) is 5.93.